The Labute approximate surface area is 117 Å². The second kappa shape index (κ2) is 6.10. The number of nitrogens with two attached hydrogens (primary N) is 1. The molecule has 0 spiro atoms. The summed E-state index contributed by atoms with van der Waals surface area (Å²) in [5, 5.41) is 7.07. The third-order valence-electron chi connectivity index (χ3n) is 2.94. The van der Waals surface area contributed by atoms with E-state index in [1.165, 1.54) is 0 Å². The second-order valence-electron chi connectivity index (χ2n) is 4.44. The van der Waals surface area contributed by atoms with Gasteiger partial charge >= 0.3 is 0 Å². The van der Waals surface area contributed by atoms with E-state index >= 15 is 0 Å². The molecule has 0 saturated carbocycles. The highest BCUT2D eigenvalue weighted by atomic mass is 16.5. The number of aryl methyl sites for hydroxylation is 1. The van der Waals surface area contributed by atoms with Crippen LogP contribution in [0, 0.1) is 0 Å². The molecule has 0 saturated heterocycles. The number of carbonyl (C=O) groups excluding carboxylic acids is 1. The molecule has 2 rings (SSSR count). The minimum atomic E-state index is -0.193. The zero-order valence-electron chi connectivity index (χ0n) is 11.6. The van der Waals surface area contributed by atoms with Crippen molar-refractivity contribution >= 4 is 11.6 Å². The van der Waals surface area contributed by atoms with Crippen LogP contribution in [0.4, 0.5) is 5.69 Å². The minimum absolute atomic E-state index is 0.193. The number of ether oxygens (including phenoxy) is 1. The van der Waals surface area contributed by atoms with Crippen LogP contribution in [0.1, 0.15) is 16.1 Å². The van der Waals surface area contributed by atoms with Crippen molar-refractivity contribution in [2.24, 2.45) is 7.05 Å². The van der Waals surface area contributed by atoms with Crippen LogP contribution in [0.5, 0.6) is 5.75 Å². The quantitative estimate of drug-likeness (QED) is 0.796. The third-order valence-corrected chi connectivity index (χ3v) is 2.94. The van der Waals surface area contributed by atoms with Crippen molar-refractivity contribution in [2.45, 2.75) is 6.42 Å². The molecule has 6 nitrogen and oxygen atoms in total. The van der Waals surface area contributed by atoms with Crippen LogP contribution >= 0.6 is 0 Å². The van der Waals surface area contributed by atoms with Crippen molar-refractivity contribution in [3.63, 3.8) is 0 Å². The van der Waals surface area contributed by atoms with Crippen molar-refractivity contribution in [1.82, 2.24) is 15.1 Å². The molecular weight excluding hydrogens is 256 g/mol. The number of hydrogen-bond donors (Lipinski definition) is 2. The maximum Gasteiger partial charge on any atom is 0.253 e. The Morgan fingerprint density at radius 1 is 1.45 bits per heavy atom. The zero-order valence-corrected chi connectivity index (χ0v) is 11.6. The zero-order chi connectivity index (χ0) is 14.5. The van der Waals surface area contributed by atoms with Crippen LogP contribution in [0.3, 0.4) is 0 Å². The Bertz CT molecular complexity index is 607. The molecule has 0 atom stereocenters. The van der Waals surface area contributed by atoms with E-state index in [-0.39, 0.29) is 5.91 Å². The number of carbonyl (C=O) groups is 1. The third kappa shape index (κ3) is 3.28. The molecule has 1 aromatic heterocycles. The summed E-state index contributed by atoms with van der Waals surface area (Å²) in [5.74, 6) is 0.439. The summed E-state index contributed by atoms with van der Waals surface area (Å²) in [5.41, 5.74) is 7.62. The standard InChI is InChI=1S/C14H18N4O2/c1-18-8-6-10(17-18)5-7-16-14(19)12-4-3-11(20-2)9-13(12)15/h3-4,6,8-9H,5,7,15H2,1-2H3,(H,16,19). The van der Waals surface area contributed by atoms with E-state index in [1.54, 1.807) is 30.0 Å². The summed E-state index contributed by atoms with van der Waals surface area (Å²) in [4.78, 5) is 12.0. The van der Waals surface area contributed by atoms with Crippen molar-refractivity contribution < 1.29 is 9.53 Å². The van der Waals surface area contributed by atoms with E-state index < -0.39 is 0 Å². The lowest BCUT2D eigenvalue weighted by molar-refractivity contribution is 0.0955. The summed E-state index contributed by atoms with van der Waals surface area (Å²) < 4.78 is 6.78. The van der Waals surface area contributed by atoms with Crippen molar-refractivity contribution in [1.29, 1.82) is 0 Å². The number of amides is 1. The van der Waals surface area contributed by atoms with E-state index in [4.69, 9.17) is 10.5 Å². The van der Waals surface area contributed by atoms with Gasteiger partial charge in [-0.1, -0.05) is 0 Å². The number of nitrogens with zero attached hydrogens (tertiary/aromatic N) is 2. The van der Waals surface area contributed by atoms with Crippen LogP contribution in [0.25, 0.3) is 0 Å². The number of rotatable bonds is 5. The number of benzene rings is 1. The SMILES string of the molecule is COc1ccc(C(=O)NCCc2ccn(C)n2)c(N)c1. The van der Waals surface area contributed by atoms with E-state index in [1.807, 2.05) is 19.3 Å². The summed E-state index contributed by atoms with van der Waals surface area (Å²) in [6.07, 6.45) is 2.56. The van der Waals surface area contributed by atoms with Gasteiger partial charge in [0.1, 0.15) is 5.75 Å². The lowest BCUT2D eigenvalue weighted by atomic mass is 10.1. The first-order chi connectivity index (χ1) is 9.60. The summed E-state index contributed by atoms with van der Waals surface area (Å²) in [6.45, 7) is 0.515. The number of methoxy groups -OCH3 is 1. The van der Waals surface area contributed by atoms with E-state index in [9.17, 15) is 4.79 Å². The average molecular weight is 274 g/mol. The Morgan fingerprint density at radius 2 is 2.25 bits per heavy atom. The highest BCUT2D eigenvalue weighted by molar-refractivity contribution is 5.99. The Morgan fingerprint density at radius 3 is 2.85 bits per heavy atom. The smallest absolute Gasteiger partial charge is 0.253 e. The first-order valence-electron chi connectivity index (χ1n) is 6.30. The normalized spacial score (nSPS) is 10.3. The van der Waals surface area contributed by atoms with Gasteiger partial charge in [0.2, 0.25) is 0 Å². The van der Waals surface area contributed by atoms with Crippen molar-refractivity contribution in [2.75, 3.05) is 19.4 Å². The number of anilines is 1. The van der Waals surface area contributed by atoms with Gasteiger partial charge in [0.05, 0.1) is 18.4 Å². The molecule has 0 aliphatic heterocycles. The number of nitrogens with one attached hydrogen (secondary N) is 1. The predicted octanol–water partition coefficient (Wildman–Crippen LogP) is 0.983. The lowest BCUT2D eigenvalue weighted by Gasteiger charge is -2.08. The first-order valence-corrected chi connectivity index (χ1v) is 6.30. The van der Waals surface area contributed by atoms with Crippen LogP contribution in [0.2, 0.25) is 0 Å². The molecule has 2 aromatic rings. The van der Waals surface area contributed by atoms with Gasteiger partial charge in [-0.05, 0) is 18.2 Å². The van der Waals surface area contributed by atoms with Gasteiger partial charge in [0.25, 0.3) is 5.91 Å². The largest absolute Gasteiger partial charge is 0.497 e. The number of aromatic nitrogens is 2. The maximum atomic E-state index is 12.0. The molecule has 0 unspecified atom stereocenters. The van der Waals surface area contributed by atoms with Crippen LogP contribution < -0.4 is 15.8 Å². The van der Waals surface area contributed by atoms with Gasteiger partial charge in [0, 0.05) is 38.0 Å². The molecule has 0 radical (unpaired) electrons. The molecular formula is C14H18N4O2. The van der Waals surface area contributed by atoms with Crippen LogP contribution in [0.15, 0.2) is 30.5 Å². The van der Waals surface area contributed by atoms with Crippen molar-refractivity contribution in [3.8, 4) is 5.75 Å². The fraction of sp³-hybridized carbons (Fsp3) is 0.286. The molecule has 1 heterocycles. The first kappa shape index (κ1) is 13.9. The van der Waals surface area contributed by atoms with Crippen LogP contribution in [-0.2, 0) is 13.5 Å². The maximum absolute atomic E-state index is 12.0. The lowest BCUT2D eigenvalue weighted by Crippen LogP contribution is -2.26. The van der Waals surface area contributed by atoms with E-state index in [2.05, 4.69) is 10.4 Å². The fourth-order valence-electron chi connectivity index (χ4n) is 1.87. The Hall–Kier alpha value is -2.50. The highest BCUT2D eigenvalue weighted by Gasteiger charge is 2.10. The Balaban J connectivity index is 1.91. The monoisotopic (exact) mass is 274 g/mol. The molecule has 106 valence electrons. The molecule has 1 aromatic carbocycles. The second-order valence-corrected chi connectivity index (χ2v) is 4.44. The predicted molar refractivity (Wildman–Crippen MR) is 76.7 cm³/mol. The highest BCUT2D eigenvalue weighted by Crippen LogP contribution is 2.19. The van der Waals surface area contributed by atoms with Gasteiger partial charge in [-0.25, -0.2) is 0 Å². The molecule has 1 amide bonds. The van der Waals surface area contributed by atoms with Crippen LogP contribution in [-0.4, -0.2) is 29.3 Å². The van der Waals surface area contributed by atoms with Gasteiger partial charge in [-0.3, -0.25) is 9.48 Å². The number of hydrogen-bond acceptors (Lipinski definition) is 4. The van der Waals surface area contributed by atoms with E-state index in [0.29, 0.717) is 30.0 Å². The summed E-state index contributed by atoms with van der Waals surface area (Å²) in [6, 6.07) is 6.93. The molecule has 0 bridgehead atoms. The molecule has 20 heavy (non-hydrogen) atoms. The summed E-state index contributed by atoms with van der Waals surface area (Å²) in [7, 11) is 3.42. The number of nitrogen functional groups attached to an aromatic ring is 1. The van der Waals surface area contributed by atoms with E-state index in [0.717, 1.165) is 5.69 Å². The summed E-state index contributed by atoms with van der Waals surface area (Å²) >= 11 is 0. The van der Waals surface area contributed by atoms with Crippen molar-refractivity contribution in [3.05, 3.63) is 41.7 Å². The molecule has 6 heteroatoms. The Kier molecular flexibility index (Phi) is 4.24. The van der Waals surface area contributed by atoms with Gasteiger partial charge in [-0.15, -0.1) is 0 Å². The van der Waals surface area contributed by atoms with Gasteiger partial charge in [-0.2, -0.15) is 5.10 Å². The van der Waals surface area contributed by atoms with Gasteiger partial charge in [0.15, 0.2) is 0 Å². The fourth-order valence-corrected chi connectivity index (χ4v) is 1.87. The molecule has 3 N–H and O–H groups in total. The molecule has 0 fully saturated rings. The average Bonchev–Trinajstić information content (AvgIpc) is 2.84. The molecule has 0 aliphatic carbocycles. The van der Waals surface area contributed by atoms with Gasteiger partial charge < -0.3 is 15.8 Å². The molecule has 0 aliphatic rings. The minimum Gasteiger partial charge on any atom is -0.497 e. The topological polar surface area (TPSA) is 82.2 Å².